The van der Waals surface area contributed by atoms with Gasteiger partial charge in [0.15, 0.2) is 6.29 Å². The van der Waals surface area contributed by atoms with E-state index >= 15 is 0 Å². The Hall–Kier alpha value is -2.66. The first kappa shape index (κ1) is 17.3. The fourth-order valence-electron chi connectivity index (χ4n) is 1.15. The van der Waals surface area contributed by atoms with Crippen LogP contribution >= 0.6 is 0 Å². The number of nitrogen functional groups attached to an aromatic ring is 1. The molecule has 108 valence electrons. The Morgan fingerprint density at radius 3 is 2.65 bits per heavy atom. The third kappa shape index (κ3) is 5.79. The number of anilines is 1. The van der Waals surface area contributed by atoms with Crippen molar-refractivity contribution in [2.24, 2.45) is 0 Å². The highest BCUT2D eigenvalue weighted by atomic mass is 16.5. The van der Waals surface area contributed by atoms with Crippen LogP contribution in [0, 0.1) is 11.3 Å². The molecule has 0 atom stereocenters. The standard InChI is InChI=1S/C9H9N3O2.C3H8N2O/c1-2-14-9-7(4-10)8(11)3-6(5-13)12-9;1-3(6)5-4-2/h3,5H,2H2,1H3,(H2,11,12);4H,1-2H3,(H,5,6). The number of hydrazine groups is 1. The Bertz CT molecular complexity index is 511. The lowest BCUT2D eigenvalue weighted by atomic mass is 10.2. The summed E-state index contributed by atoms with van der Waals surface area (Å²) >= 11 is 0. The molecule has 0 spiro atoms. The number of amides is 1. The molecule has 1 rings (SSSR count). The first-order valence-corrected chi connectivity index (χ1v) is 5.72. The van der Waals surface area contributed by atoms with Crippen molar-refractivity contribution < 1.29 is 14.3 Å². The summed E-state index contributed by atoms with van der Waals surface area (Å²) in [6.45, 7) is 3.56. The van der Waals surface area contributed by atoms with Crippen LogP contribution in [0.15, 0.2) is 6.07 Å². The predicted molar refractivity (Wildman–Crippen MR) is 72.8 cm³/mol. The number of aromatic nitrogens is 1. The maximum atomic E-state index is 10.5. The van der Waals surface area contributed by atoms with E-state index in [-0.39, 0.29) is 28.7 Å². The topological polar surface area (TPSA) is 130 Å². The Balaban J connectivity index is 0.000000511. The van der Waals surface area contributed by atoms with Crippen LogP contribution in [0.25, 0.3) is 0 Å². The van der Waals surface area contributed by atoms with E-state index in [9.17, 15) is 9.59 Å². The van der Waals surface area contributed by atoms with Crippen LogP contribution < -0.4 is 21.3 Å². The minimum Gasteiger partial charge on any atom is -0.477 e. The molecule has 4 N–H and O–H groups in total. The average Bonchev–Trinajstić information content (AvgIpc) is 2.39. The fourth-order valence-corrected chi connectivity index (χ4v) is 1.15. The van der Waals surface area contributed by atoms with Crippen molar-refractivity contribution in [2.45, 2.75) is 13.8 Å². The molecule has 0 aliphatic rings. The minimum atomic E-state index is -0.0718. The van der Waals surface area contributed by atoms with Gasteiger partial charge in [-0.25, -0.2) is 10.4 Å². The Morgan fingerprint density at radius 1 is 1.65 bits per heavy atom. The SMILES string of the molecule is CCOc1nc(C=O)cc(N)c1C#N.CNNC(C)=O. The molecule has 0 aromatic carbocycles. The molecule has 20 heavy (non-hydrogen) atoms. The number of carbonyl (C=O) groups is 2. The summed E-state index contributed by atoms with van der Waals surface area (Å²) in [6, 6.07) is 3.21. The van der Waals surface area contributed by atoms with Crippen LogP contribution in [0.1, 0.15) is 29.9 Å². The zero-order valence-electron chi connectivity index (χ0n) is 11.6. The number of nitrogens with one attached hydrogen (secondary N) is 2. The first-order chi connectivity index (χ1) is 9.49. The van der Waals surface area contributed by atoms with Crippen molar-refractivity contribution in [1.29, 1.82) is 5.26 Å². The summed E-state index contributed by atoms with van der Waals surface area (Å²) in [5.74, 6) is 0.0367. The van der Waals surface area contributed by atoms with Gasteiger partial charge in [-0.05, 0) is 13.0 Å². The highest BCUT2D eigenvalue weighted by molar-refractivity contribution is 5.76. The van der Waals surface area contributed by atoms with Crippen LogP contribution in [0.4, 0.5) is 5.69 Å². The normalized spacial score (nSPS) is 8.70. The zero-order chi connectivity index (χ0) is 15.5. The molecule has 0 aliphatic carbocycles. The van der Waals surface area contributed by atoms with Crippen molar-refractivity contribution in [3.63, 3.8) is 0 Å². The van der Waals surface area contributed by atoms with Gasteiger partial charge < -0.3 is 10.5 Å². The summed E-state index contributed by atoms with van der Waals surface area (Å²) in [4.78, 5) is 24.1. The summed E-state index contributed by atoms with van der Waals surface area (Å²) < 4.78 is 5.08. The lowest BCUT2D eigenvalue weighted by molar-refractivity contribution is -0.119. The molecule has 0 aliphatic heterocycles. The molecule has 0 unspecified atom stereocenters. The lowest BCUT2D eigenvalue weighted by Gasteiger charge is -2.06. The van der Waals surface area contributed by atoms with Crippen molar-refractivity contribution in [2.75, 3.05) is 19.4 Å². The molecule has 0 fully saturated rings. The molecular weight excluding hydrogens is 262 g/mol. The number of aldehydes is 1. The Morgan fingerprint density at radius 2 is 2.30 bits per heavy atom. The Kier molecular flexibility index (Phi) is 8.06. The molecule has 0 radical (unpaired) electrons. The van der Waals surface area contributed by atoms with E-state index in [4.69, 9.17) is 15.7 Å². The number of ether oxygens (including phenoxy) is 1. The van der Waals surface area contributed by atoms with Gasteiger partial charge in [-0.3, -0.25) is 15.0 Å². The average molecular weight is 279 g/mol. The van der Waals surface area contributed by atoms with E-state index in [0.717, 1.165) is 0 Å². The molecule has 1 amide bonds. The largest absolute Gasteiger partial charge is 0.477 e. The number of pyridine rings is 1. The maximum Gasteiger partial charge on any atom is 0.234 e. The van der Waals surface area contributed by atoms with Gasteiger partial charge in [-0.2, -0.15) is 5.26 Å². The third-order valence-corrected chi connectivity index (χ3v) is 1.85. The molecule has 0 bridgehead atoms. The minimum absolute atomic E-state index is 0.0718. The lowest BCUT2D eigenvalue weighted by Crippen LogP contribution is -2.31. The quantitative estimate of drug-likeness (QED) is 0.522. The summed E-state index contributed by atoms with van der Waals surface area (Å²) in [7, 11) is 1.64. The van der Waals surface area contributed by atoms with Crippen LogP contribution in [-0.4, -0.2) is 30.8 Å². The summed E-state index contributed by atoms with van der Waals surface area (Å²) in [5, 5.41) is 8.75. The Labute approximate surface area is 116 Å². The monoisotopic (exact) mass is 279 g/mol. The van der Waals surface area contributed by atoms with Crippen molar-refractivity contribution in [3.8, 4) is 11.9 Å². The molecule has 1 heterocycles. The summed E-state index contributed by atoms with van der Waals surface area (Å²) in [5.41, 5.74) is 10.8. The van der Waals surface area contributed by atoms with Gasteiger partial charge in [0.05, 0.1) is 12.3 Å². The molecular formula is C12H17N5O3. The zero-order valence-corrected chi connectivity index (χ0v) is 11.6. The second-order valence-electron chi connectivity index (χ2n) is 3.41. The van der Waals surface area contributed by atoms with Gasteiger partial charge in [0.25, 0.3) is 0 Å². The molecule has 1 aromatic heterocycles. The smallest absolute Gasteiger partial charge is 0.234 e. The second kappa shape index (κ2) is 9.29. The van der Waals surface area contributed by atoms with Crippen molar-refractivity contribution >= 4 is 17.9 Å². The fraction of sp³-hybridized carbons (Fsp3) is 0.333. The third-order valence-electron chi connectivity index (χ3n) is 1.85. The molecule has 8 nitrogen and oxygen atoms in total. The molecule has 8 heteroatoms. The maximum absolute atomic E-state index is 10.5. The van der Waals surface area contributed by atoms with E-state index < -0.39 is 0 Å². The summed E-state index contributed by atoms with van der Waals surface area (Å²) in [6.07, 6.45) is 0.556. The number of nitrogens with two attached hydrogens (primary N) is 1. The molecule has 0 saturated heterocycles. The van der Waals surface area contributed by atoms with E-state index in [0.29, 0.717) is 12.9 Å². The highest BCUT2D eigenvalue weighted by Gasteiger charge is 2.10. The van der Waals surface area contributed by atoms with E-state index in [1.54, 1.807) is 14.0 Å². The van der Waals surface area contributed by atoms with Gasteiger partial charge in [0, 0.05) is 14.0 Å². The van der Waals surface area contributed by atoms with E-state index in [2.05, 4.69) is 15.8 Å². The number of carbonyl (C=O) groups excluding carboxylic acids is 2. The van der Waals surface area contributed by atoms with Crippen LogP contribution in [0.5, 0.6) is 5.88 Å². The number of rotatable bonds is 4. The first-order valence-electron chi connectivity index (χ1n) is 5.72. The van der Waals surface area contributed by atoms with Gasteiger partial charge in [-0.15, -0.1) is 0 Å². The van der Waals surface area contributed by atoms with Gasteiger partial charge in [-0.1, -0.05) is 0 Å². The molecule has 0 saturated carbocycles. The van der Waals surface area contributed by atoms with Gasteiger partial charge >= 0.3 is 0 Å². The van der Waals surface area contributed by atoms with Gasteiger partial charge in [0.1, 0.15) is 17.3 Å². The van der Waals surface area contributed by atoms with Crippen molar-refractivity contribution in [3.05, 3.63) is 17.3 Å². The van der Waals surface area contributed by atoms with Gasteiger partial charge in [0.2, 0.25) is 11.8 Å². The number of hydrogen-bond acceptors (Lipinski definition) is 7. The van der Waals surface area contributed by atoms with Crippen LogP contribution in [-0.2, 0) is 4.79 Å². The highest BCUT2D eigenvalue weighted by Crippen LogP contribution is 2.21. The van der Waals surface area contributed by atoms with Crippen LogP contribution in [0.3, 0.4) is 0 Å². The van der Waals surface area contributed by atoms with Crippen LogP contribution in [0.2, 0.25) is 0 Å². The predicted octanol–water partition coefficient (Wildman–Crippen LogP) is 0.00358. The number of nitrogens with zero attached hydrogens (tertiary/aromatic N) is 2. The molecule has 1 aromatic rings. The second-order valence-corrected chi connectivity index (χ2v) is 3.41. The van der Waals surface area contributed by atoms with E-state index in [1.165, 1.54) is 13.0 Å². The number of hydrogen-bond donors (Lipinski definition) is 3. The van der Waals surface area contributed by atoms with Crippen molar-refractivity contribution in [1.82, 2.24) is 15.8 Å². The van der Waals surface area contributed by atoms with E-state index in [1.807, 2.05) is 6.07 Å². The number of nitriles is 1.